The number of likely N-dealkylation sites (tertiary alicyclic amines) is 1. The summed E-state index contributed by atoms with van der Waals surface area (Å²) in [7, 11) is 2.13. The van der Waals surface area contributed by atoms with Gasteiger partial charge < -0.3 is 14.8 Å². The lowest BCUT2D eigenvalue weighted by Gasteiger charge is -2.36. The number of nitrogens with one attached hydrogen (secondary N) is 1. The van der Waals surface area contributed by atoms with Gasteiger partial charge in [0.25, 0.3) is 0 Å². The summed E-state index contributed by atoms with van der Waals surface area (Å²) in [6, 6.07) is 9.07. The van der Waals surface area contributed by atoms with Crippen molar-refractivity contribution in [1.82, 2.24) is 19.8 Å². The quantitative estimate of drug-likeness (QED) is 0.832. The molecule has 0 aliphatic carbocycles. The third-order valence-electron chi connectivity index (χ3n) is 5.30. The molecule has 4 nitrogen and oxygen atoms in total. The molecule has 2 atom stereocenters. The van der Waals surface area contributed by atoms with Gasteiger partial charge in [0.2, 0.25) is 0 Å². The van der Waals surface area contributed by atoms with Crippen molar-refractivity contribution >= 4 is 11.0 Å². The summed E-state index contributed by atoms with van der Waals surface area (Å²) in [6.07, 6.45) is 3.47. The number of hydrogen-bond acceptors (Lipinski definition) is 3. The van der Waals surface area contributed by atoms with Crippen LogP contribution in [0.25, 0.3) is 11.0 Å². The van der Waals surface area contributed by atoms with E-state index in [0.717, 1.165) is 30.8 Å². The number of aromatic nitrogens is 2. The number of aryl methyl sites for hydroxylation is 2. The fourth-order valence-corrected chi connectivity index (χ4v) is 3.78. The average Bonchev–Trinajstić information content (AvgIpc) is 2.89. The van der Waals surface area contributed by atoms with Gasteiger partial charge in [-0.25, -0.2) is 4.98 Å². The monoisotopic (exact) mass is 314 g/mol. The highest BCUT2D eigenvalue weighted by Crippen LogP contribution is 2.17. The molecule has 0 bridgehead atoms. The highest BCUT2D eigenvalue weighted by molar-refractivity contribution is 5.75. The second-order valence-electron chi connectivity index (χ2n) is 6.90. The van der Waals surface area contributed by atoms with Crippen LogP contribution in [0.1, 0.15) is 32.5 Å². The van der Waals surface area contributed by atoms with Gasteiger partial charge in [-0.3, -0.25) is 0 Å². The number of piperidine rings is 1. The molecule has 0 amide bonds. The van der Waals surface area contributed by atoms with Gasteiger partial charge in [-0.05, 0) is 50.5 Å². The molecule has 0 spiro atoms. The van der Waals surface area contributed by atoms with Gasteiger partial charge in [0.15, 0.2) is 0 Å². The lowest BCUT2D eigenvalue weighted by Crippen LogP contribution is -2.48. The number of fused-ring (bicyclic) bond motifs is 1. The normalized spacial score (nSPS) is 22.7. The van der Waals surface area contributed by atoms with Gasteiger partial charge in [0.1, 0.15) is 5.82 Å². The number of para-hydroxylation sites is 2. The Labute approximate surface area is 139 Å². The minimum absolute atomic E-state index is 0.679. The summed E-state index contributed by atoms with van der Waals surface area (Å²) < 4.78 is 2.23. The maximum Gasteiger partial charge on any atom is 0.109 e. The second kappa shape index (κ2) is 7.45. The Morgan fingerprint density at radius 1 is 1.30 bits per heavy atom. The molecule has 0 saturated carbocycles. The van der Waals surface area contributed by atoms with Gasteiger partial charge in [-0.2, -0.15) is 0 Å². The van der Waals surface area contributed by atoms with E-state index in [4.69, 9.17) is 4.98 Å². The first-order valence-electron chi connectivity index (χ1n) is 9.05. The third-order valence-corrected chi connectivity index (χ3v) is 5.30. The Morgan fingerprint density at radius 3 is 2.87 bits per heavy atom. The predicted octanol–water partition coefficient (Wildman–Crippen LogP) is 2.83. The third kappa shape index (κ3) is 3.75. The van der Waals surface area contributed by atoms with Crippen molar-refractivity contribution in [1.29, 1.82) is 0 Å². The minimum Gasteiger partial charge on any atom is -0.331 e. The van der Waals surface area contributed by atoms with E-state index < -0.39 is 0 Å². The molecule has 1 saturated heterocycles. The molecule has 4 heteroatoms. The summed E-state index contributed by atoms with van der Waals surface area (Å²) in [5.74, 6) is 1.95. The zero-order valence-corrected chi connectivity index (χ0v) is 14.8. The molecular weight excluding hydrogens is 284 g/mol. The van der Waals surface area contributed by atoms with Crippen LogP contribution < -0.4 is 5.32 Å². The highest BCUT2D eigenvalue weighted by atomic mass is 15.1. The van der Waals surface area contributed by atoms with Crippen LogP contribution in [-0.4, -0.2) is 46.7 Å². The number of imidazole rings is 1. The molecule has 1 N–H and O–H groups in total. The summed E-state index contributed by atoms with van der Waals surface area (Å²) >= 11 is 0. The van der Waals surface area contributed by atoms with Gasteiger partial charge >= 0.3 is 0 Å². The zero-order chi connectivity index (χ0) is 16.2. The van der Waals surface area contributed by atoms with Crippen LogP contribution >= 0.6 is 0 Å². The van der Waals surface area contributed by atoms with E-state index in [9.17, 15) is 0 Å². The molecule has 1 aliphatic heterocycles. The first-order chi connectivity index (χ1) is 11.2. The van der Waals surface area contributed by atoms with Crippen LogP contribution in [0.5, 0.6) is 0 Å². The van der Waals surface area contributed by atoms with Crippen molar-refractivity contribution in [2.24, 2.45) is 13.0 Å². The molecule has 3 rings (SSSR count). The predicted molar refractivity (Wildman–Crippen MR) is 96.7 cm³/mol. The SMILES string of the molecule is CCN1CC[C@@H](NCCCc2nc3ccccc3n2C)[C@@H](C)C1. The zero-order valence-electron chi connectivity index (χ0n) is 14.8. The van der Waals surface area contributed by atoms with E-state index in [1.54, 1.807) is 0 Å². The Bertz CT molecular complexity index is 633. The molecule has 2 aromatic rings. The summed E-state index contributed by atoms with van der Waals surface area (Å²) in [5, 5.41) is 3.78. The number of nitrogens with zero attached hydrogens (tertiary/aromatic N) is 3. The van der Waals surface area contributed by atoms with Gasteiger partial charge in [-0.1, -0.05) is 26.0 Å². The maximum atomic E-state index is 4.76. The van der Waals surface area contributed by atoms with E-state index in [1.807, 2.05) is 0 Å². The molecule has 1 fully saturated rings. The van der Waals surface area contributed by atoms with Gasteiger partial charge in [-0.15, -0.1) is 0 Å². The van der Waals surface area contributed by atoms with E-state index in [-0.39, 0.29) is 0 Å². The largest absolute Gasteiger partial charge is 0.331 e. The van der Waals surface area contributed by atoms with Crippen molar-refractivity contribution in [2.75, 3.05) is 26.2 Å². The lowest BCUT2D eigenvalue weighted by atomic mass is 9.94. The van der Waals surface area contributed by atoms with E-state index >= 15 is 0 Å². The Hall–Kier alpha value is -1.39. The lowest BCUT2D eigenvalue weighted by molar-refractivity contribution is 0.153. The summed E-state index contributed by atoms with van der Waals surface area (Å²) in [4.78, 5) is 7.32. The summed E-state index contributed by atoms with van der Waals surface area (Å²) in [6.45, 7) is 9.39. The fourth-order valence-electron chi connectivity index (χ4n) is 3.78. The minimum atomic E-state index is 0.679. The second-order valence-corrected chi connectivity index (χ2v) is 6.90. The molecular formula is C19H30N4. The van der Waals surface area contributed by atoms with Crippen LogP contribution in [0.4, 0.5) is 0 Å². The summed E-state index contributed by atoms with van der Waals surface area (Å²) in [5.41, 5.74) is 2.34. The highest BCUT2D eigenvalue weighted by Gasteiger charge is 2.24. The maximum absolute atomic E-state index is 4.76. The number of rotatable bonds is 6. The molecule has 23 heavy (non-hydrogen) atoms. The van der Waals surface area contributed by atoms with Crippen molar-refractivity contribution in [3.63, 3.8) is 0 Å². The molecule has 0 radical (unpaired) electrons. The Kier molecular flexibility index (Phi) is 5.34. The number of hydrogen-bond donors (Lipinski definition) is 1. The van der Waals surface area contributed by atoms with Gasteiger partial charge in [0, 0.05) is 26.1 Å². The van der Waals surface area contributed by atoms with Gasteiger partial charge in [0.05, 0.1) is 11.0 Å². The topological polar surface area (TPSA) is 33.1 Å². The fraction of sp³-hybridized carbons (Fsp3) is 0.632. The Balaban J connectivity index is 1.47. The molecule has 1 aromatic heterocycles. The smallest absolute Gasteiger partial charge is 0.109 e. The van der Waals surface area contributed by atoms with E-state index in [2.05, 4.69) is 59.9 Å². The van der Waals surface area contributed by atoms with Crippen molar-refractivity contribution in [3.05, 3.63) is 30.1 Å². The first-order valence-corrected chi connectivity index (χ1v) is 9.05. The standard InChI is InChI=1S/C19H30N4/c1-4-23-13-11-16(15(2)14-23)20-12-7-10-19-21-17-8-5-6-9-18(17)22(19)3/h5-6,8-9,15-16,20H,4,7,10-14H2,1-3H3/t15-,16+/m0/s1. The molecule has 1 aliphatic rings. The van der Waals surface area contributed by atoms with Crippen LogP contribution in [-0.2, 0) is 13.5 Å². The van der Waals surface area contributed by atoms with Crippen LogP contribution in [0.2, 0.25) is 0 Å². The van der Waals surface area contributed by atoms with E-state index in [0.29, 0.717) is 6.04 Å². The molecule has 126 valence electrons. The molecule has 0 unspecified atom stereocenters. The number of benzene rings is 1. The first kappa shape index (κ1) is 16.5. The molecule has 1 aromatic carbocycles. The van der Waals surface area contributed by atoms with Crippen molar-refractivity contribution in [2.45, 2.75) is 39.2 Å². The molecule has 2 heterocycles. The van der Waals surface area contributed by atoms with Crippen LogP contribution in [0, 0.1) is 5.92 Å². The van der Waals surface area contributed by atoms with E-state index in [1.165, 1.54) is 37.4 Å². The van der Waals surface area contributed by atoms with Crippen LogP contribution in [0.3, 0.4) is 0 Å². The van der Waals surface area contributed by atoms with Crippen molar-refractivity contribution in [3.8, 4) is 0 Å². The van der Waals surface area contributed by atoms with Crippen LogP contribution in [0.15, 0.2) is 24.3 Å². The average molecular weight is 314 g/mol. The Morgan fingerprint density at radius 2 is 2.13 bits per heavy atom. The van der Waals surface area contributed by atoms with Crippen molar-refractivity contribution < 1.29 is 0 Å².